The highest BCUT2D eigenvalue weighted by atomic mass is 32.2. The molecule has 19 heavy (non-hydrogen) atoms. The van der Waals surface area contributed by atoms with Crippen LogP contribution in [0.25, 0.3) is 0 Å². The van der Waals surface area contributed by atoms with Crippen LogP contribution in [0.15, 0.2) is 24.3 Å². The maximum Gasteiger partial charge on any atom is 0.214 e. The number of nitrogens with two attached hydrogens (primary N) is 1. The van der Waals surface area contributed by atoms with E-state index in [0.29, 0.717) is 11.4 Å². The number of aliphatic hydroxyl groups excluding tert-OH is 1. The number of aliphatic hydroxyl groups is 1. The van der Waals surface area contributed by atoms with Crippen LogP contribution in [-0.4, -0.2) is 39.0 Å². The zero-order valence-corrected chi connectivity index (χ0v) is 11.7. The molecule has 0 aromatic heterocycles. The van der Waals surface area contributed by atoms with E-state index >= 15 is 0 Å². The molecule has 1 atom stereocenters. The summed E-state index contributed by atoms with van der Waals surface area (Å²) in [6.07, 6.45) is 0. The Bertz CT molecular complexity index is 490. The Balaban J connectivity index is 2.38. The molecule has 0 radical (unpaired) electrons. The summed E-state index contributed by atoms with van der Waals surface area (Å²) in [5.74, 6) is 0.210. The monoisotopic (exact) mass is 288 g/mol. The Morgan fingerprint density at radius 2 is 2.11 bits per heavy atom. The van der Waals surface area contributed by atoms with Crippen LogP contribution in [0.1, 0.15) is 6.92 Å². The Morgan fingerprint density at radius 3 is 2.74 bits per heavy atom. The molecule has 1 aromatic carbocycles. The molecule has 1 aromatic rings. The minimum absolute atomic E-state index is 0.0249. The van der Waals surface area contributed by atoms with Gasteiger partial charge < -0.3 is 15.6 Å². The van der Waals surface area contributed by atoms with Crippen molar-refractivity contribution >= 4 is 15.7 Å². The zero-order chi connectivity index (χ0) is 14.3. The lowest BCUT2D eigenvalue weighted by Gasteiger charge is -2.11. The van der Waals surface area contributed by atoms with Gasteiger partial charge in [0.1, 0.15) is 12.4 Å². The van der Waals surface area contributed by atoms with E-state index in [1.54, 1.807) is 31.2 Å². The number of benzene rings is 1. The summed E-state index contributed by atoms with van der Waals surface area (Å²) in [4.78, 5) is 0. The van der Waals surface area contributed by atoms with E-state index in [4.69, 9.17) is 15.6 Å². The van der Waals surface area contributed by atoms with Gasteiger partial charge in [0.2, 0.25) is 10.0 Å². The molecule has 0 amide bonds. The second kappa shape index (κ2) is 7.32. The number of para-hydroxylation sites is 2. The summed E-state index contributed by atoms with van der Waals surface area (Å²) >= 11 is 0. The fourth-order valence-corrected chi connectivity index (χ4v) is 2.26. The van der Waals surface area contributed by atoms with Crippen molar-refractivity contribution in [3.8, 4) is 5.75 Å². The first kappa shape index (κ1) is 15.7. The molecule has 1 unspecified atom stereocenters. The van der Waals surface area contributed by atoms with Crippen LogP contribution in [0.4, 0.5) is 5.69 Å². The molecule has 6 nitrogen and oxygen atoms in total. The number of hydrogen-bond donors (Lipinski definition) is 3. The SMILES string of the molecule is CC(CO)CNS(=O)(=O)CCOc1ccccc1N. The third kappa shape index (κ3) is 5.91. The number of nitrogens with one attached hydrogen (secondary N) is 1. The second-order valence-electron chi connectivity index (χ2n) is 4.34. The molecule has 0 aliphatic heterocycles. The second-order valence-corrected chi connectivity index (χ2v) is 6.27. The van der Waals surface area contributed by atoms with Gasteiger partial charge in [-0.1, -0.05) is 19.1 Å². The molecule has 0 spiro atoms. The molecule has 1 rings (SSSR count). The fraction of sp³-hybridized carbons (Fsp3) is 0.500. The van der Waals surface area contributed by atoms with Gasteiger partial charge >= 0.3 is 0 Å². The first-order chi connectivity index (χ1) is 8.94. The van der Waals surface area contributed by atoms with Gasteiger partial charge in [-0.15, -0.1) is 0 Å². The van der Waals surface area contributed by atoms with Gasteiger partial charge in [-0.2, -0.15) is 0 Å². The van der Waals surface area contributed by atoms with E-state index in [-0.39, 0.29) is 31.4 Å². The van der Waals surface area contributed by atoms with Crippen LogP contribution < -0.4 is 15.2 Å². The number of rotatable bonds is 8. The standard InChI is InChI=1S/C12H20N2O4S/c1-10(9-15)8-14-19(16,17)7-6-18-12-5-3-2-4-11(12)13/h2-5,10,14-15H,6-9,13H2,1H3. The Labute approximate surface area is 113 Å². The van der Waals surface area contributed by atoms with Crippen LogP contribution in [0.5, 0.6) is 5.75 Å². The van der Waals surface area contributed by atoms with Crippen LogP contribution in [0, 0.1) is 5.92 Å². The summed E-state index contributed by atoms with van der Waals surface area (Å²) in [5.41, 5.74) is 6.14. The van der Waals surface area contributed by atoms with Crippen molar-refractivity contribution < 1.29 is 18.3 Å². The summed E-state index contributed by atoms with van der Waals surface area (Å²) < 4.78 is 31.0. The van der Waals surface area contributed by atoms with E-state index in [1.165, 1.54) is 0 Å². The van der Waals surface area contributed by atoms with Gasteiger partial charge in [0, 0.05) is 13.2 Å². The largest absolute Gasteiger partial charge is 0.490 e. The summed E-state index contributed by atoms with van der Waals surface area (Å²) in [6.45, 7) is 1.94. The van der Waals surface area contributed by atoms with Crippen molar-refractivity contribution in [2.24, 2.45) is 5.92 Å². The number of nitrogen functional groups attached to an aromatic ring is 1. The number of sulfonamides is 1. The third-order valence-corrected chi connectivity index (χ3v) is 3.80. The Kier molecular flexibility index (Phi) is 6.07. The predicted octanol–water partition coefficient (Wildman–Crippen LogP) is 0.195. The lowest BCUT2D eigenvalue weighted by molar-refractivity contribution is 0.238. The molecule has 0 heterocycles. The minimum atomic E-state index is -3.40. The first-order valence-electron chi connectivity index (χ1n) is 6.00. The molecular formula is C12H20N2O4S. The van der Waals surface area contributed by atoms with E-state index in [9.17, 15) is 8.42 Å². The highest BCUT2D eigenvalue weighted by Crippen LogP contribution is 2.19. The summed E-state index contributed by atoms with van der Waals surface area (Å²) in [6, 6.07) is 6.91. The van der Waals surface area contributed by atoms with E-state index in [1.807, 2.05) is 0 Å². The Morgan fingerprint density at radius 1 is 1.42 bits per heavy atom. The minimum Gasteiger partial charge on any atom is -0.490 e. The molecular weight excluding hydrogens is 268 g/mol. The third-order valence-electron chi connectivity index (χ3n) is 2.49. The van der Waals surface area contributed by atoms with Crippen LogP contribution in [-0.2, 0) is 10.0 Å². The normalized spacial score (nSPS) is 13.2. The van der Waals surface area contributed by atoms with Crippen molar-refractivity contribution in [1.29, 1.82) is 0 Å². The topological polar surface area (TPSA) is 102 Å². The van der Waals surface area contributed by atoms with Gasteiger partial charge in [-0.25, -0.2) is 13.1 Å². The van der Waals surface area contributed by atoms with Gasteiger partial charge in [0.15, 0.2) is 0 Å². The van der Waals surface area contributed by atoms with Gasteiger partial charge in [0.25, 0.3) is 0 Å². The van der Waals surface area contributed by atoms with Crippen LogP contribution >= 0.6 is 0 Å². The summed E-state index contributed by atoms with van der Waals surface area (Å²) in [5, 5.41) is 8.81. The van der Waals surface area contributed by atoms with Crippen molar-refractivity contribution in [3.63, 3.8) is 0 Å². The molecule has 0 aliphatic rings. The number of hydrogen-bond acceptors (Lipinski definition) is 5. The molecule has 4 N–H and O–H groups in total. The highest BCUT2D eigenvalue weighted by molar-refractivity contribution is 7.89. The first-order valence-corrected chi connectivity index (χ1v) is 7.65. The highest BCUT2D eigenvalue weighted by Gasteiger charge is 2.12. The quantitative estimate of drug-likeness (QED) is 0.593. The van der Waals surface area contributed by atoms with E-state index < -0.39 is 10.0 Å². The molecule has 0 fully saturated rings. The molecule has 7 heteroatoms. The van der Waals surface area contributed by atoms with Gasteiger partial charge in [0.05, 0.1) is 11.4 Å². The van der Waals surface area contributed by atoms with E-state index in [0.717, 1.165) is 0 Å². The van der Waals surface area contributed by atoms with Crippen molar-refractivity contribution in [2.45, 2.75) is 6.92 Å². The van der Waals surface area contributed by atoms with Crippen molar-refractivity contribution in [3.05, 3.63) is 24.3 Å². The predicted molar refractivity (Wildman–Crippen MR) is 74.4 cm³/mol. The maximum absolute atomic E-state index is 11.6. The van der Waals surface area contributed by atoms with Gasteiger partial charge in [-0.3, -0.25) is 0 Å². The number of anilines is 1. The average molecular weight is 288 g/mol. The van der Waals surface area contributed by atoms with Crippen molar-refractivity contribution in [2.75, 3.05) is 31.2 Å². The molecule has 0 bridgehead atoms. The fourth-order valence-electron chi connectivity index (χ4n) is 1.28. The molecule has 0 saturated heterocycles. The van der Waals surface area contributed by atoms with Crippen LogP contribution in [0.3, 0.4) is 0 Å². The van der Waals surface area contributed by atoms with Gasteiger partial charge in [-0.05, 0) is 18.1 Å². The summed E-state index contributed by atoms with van der Waals surface area (Å²) in [7, 11) is -3.40. The van der Waals surface area contributed by atoms with E-state index in [2.05, 4.69) is 4.72 Å². The maximum atomic E-state index is 11.6. The molecule has 0 saturated carbocycles. The number of ether oxygens (including phenoxy) is 1. The average Bonchev–Trinajstić information content (AvgIpc) is 2.38. The lowest BCUT2D eigenvalue weighted by Crippen LogP contribution is -2.33. The van der Waals surface area contributed by atoms with Crippen molar-refractivity contribution in [1.82, 2.24) is 4.72 Å². The molecule has 108 valence electrons. The Hall–Kier alpha value is -1.31. The zero-order valence-electron chi connectivity index (χ0n) is 10.9. The molecule has 0 aliphatic carbocycles. The lowest BCUT2D eigenvalue weighted by atomic mass is 10.2. The van der Waals surface area contributed by atoms with Crippen LogP contribution in [0.2, 0.25) is 0 Å². The smallest absolute Gasteiger partial charge is 0.214 e.